The van der Waals surface area contributed by atoms with Crippen molar-refractivity contribution in [2.45, 2.75) is 29.7 Å². The standard InChI is InChI=1S/C22H23F3N2O4S/c23-22(24,25)32(30,31)19-11-9-18(10-12-19)21(29)27-15-13-26(14-16-27)20(28)8-4-7-17-5-2-1-3-6-17/h1-3,5-6,9-12H,4,7-8,13-16H2. The summed E-state index contributed by atoms with van der Waals surface area (Å²) in [5.74, 6) is -0.396. The third-order valence-electron chi connectivity index (χ3n) is 5.33. The lowest BCUT2D eigenvalue weighted by atomic mass is 10.1. The number of halogens is 3. The Morgan fingerprint density at radius 1 is 0.844 bits per heavy atom. The van der Waals surface area contributed by atoms with Gasteiger partial charge in [-0.15, -0.1) is 0 Å². The molecule has 0 atom stereocenters. The number of piperazine rings is 1. The molecule has 0 saturated carbocycles. The smallest absolute Gasteiger partial charge is 0.339 e. The fourth-order valence-electron chi connectivity index (χ4n) is 3.50. The van der Waals surface area contributed by atoms with Crippen LogP contribution in [0.25, 0.3) is 0 Å². The second kappa shape index (κ2) is 9.72. The highest BCUT2D eigenvalue weighted by atomic mass is 32.2. The van der Waals surface area contributed by atoms with Gasteiger partial charge >= 0.3 is 5.51 Å². The van der Waals surface area contributed by atoms with Crippen LogP contribution in [-0.2, 0) is 21.1 Å². The Labute approximate surface area is 184 Å². The summed E-state index contributed by atoms with van der Waals surface area (Å²) in [4.78, 5) is 27.3. The molecule has 1 heterocycles. The van der Waals surface area contributed by atoms with Gasteiger partial charge in [0, 0.05) is 38.2 Å². The molecule has 0 spiro atoms. The minimum Gasteiger partial charge on any atom is -0.339 e. The van der Waals surface area contributed by atoms with Crippen LogP contribution in [0.2, 0.25) is 0 Å². The third kappa shape index (κ3) is 5.48. The normalized spacial score (nSPS) is 15.0. The van der Waals surface area contributed by atoms with Crippen LogP contribution >= 0.6 is 0 Å². The monoisotopic (exact) mass is 468 g/mol. The Kier molecular flexibility index (Phi) is 7.22. The van der Waals surface area contributed by atoms with Gasteiger partial charge < -0.3 is 9.80 Å². The molecule has 0 radical (unpaired) electrons. The Hall–Kier alpha value is -2.88. The molecule has 6 nitrogen and oxygen atoms in total. The van der Waals surface area contributed by atoms with Crippen LogP contribution in [-0.4, -0.2) is 61.7 Å². The van der Waals surface area contributed by atoms with Gasteiger partial charge in [0.05, 0.1) is 4.90 Å². The van der Waals surface area contributed by atoms with E-state index in [0.29, 0.717) is 32.6 Å². The van der Waals surface area contributed by atoms with E-state index in [2.05, 4.69) is 0 Å². The Morgan fingerprint density at radius 3 is 1.97 bits per heavy atom. The second-order valence-corrected chi connectivity index (χ2v) is 9.43. The molecule has 1 aliphatic rings. The molecule has 2 aromatic rings. The summed E-state index contributed by atoms with van der Waals surface area (Å²) >= 11 is 0. The van der Waals surface area contributed by atoms with Crippen LogP contribution in [0.3, 0.4) is 0 Å². The van der Waals surface area contributed by atoms with Gasteiger partial charge in [0.2, 0.25) is 5.91 Å². The molecular weight excluding hydrogens is 445 g/mol. The molecule has 10 heteroatoms. The van der Waals surface area contributed by atoms with Crippen molar-refractivity contribution in [1.82, 2.24) is 9.80 Å². The van der Waals surface area contributed by atoms with E-state index in [-0.39, 0.29) is 11.5 Å². The van der Waals surface area contributed by atoms with Crippen LogP contribution in [0.15, 0.2) is 59.5 Å². The molecule has 32 heavy (non-hydrogen) atoms. The zero-order valence-electron chi connectivity index (χ0n) is 17.2. The highest BCUT2D eigenvalue weighted by Crippen LogP contribution is 2.30. The van der Waals surface area contributed by atoms with Crippen molar-refractivity contribution in [2.24, 2.45) is 0 Å². The van der Waals surface area contributed by atoms with E-state index in [1.807, 2.05) is 30.3 Å². The van der Waals surface area contributed by atoms with Gasteiger partial charge in [-0.3, -0.25) is 9.59 Å². The van der Waals surface area contributed by atoms with E-state index in [1.54, 1.807) is 4.90 Å². The van der Waals surface area contributed by atoms with Gasteiger partial charge in [0.15, 0.2) is 0 Å². The predicted molar refractivity (Wildman–Crippen MR) is 112 cm³/mol. The average molecular weight is 468 g/mol. The Bertz CT molecular complexity index is 1050. The SMILES string of the molecule is O=C(CCCc1ccccc1)N1CCN(C(=O)c2ccc(S(=O)(=O)C(F)(F)F)cc2)CC1. The number of sulfone groups is 1. The molecule has 0 aliphatic carbocycles. The fourth-order valence-corrected chi connectivity index (χ4v) is 4.26. The molecule has 1 saturated heterocycles. The number of benzene rings is 2. The van der Waals surface area contributed by atoms with Crippen LogP contribution in [0.4, 0.5) is 13.2 Å². The molecule has 0 unspecified atom stereocenters. The summed E-state index contributed by atoms with van der Waals surface area (Å²) in [7, 11) is -5.46. The maximum Gasteiger partial charge on any atom is 0.501 e. The van der Waals surface area contributed by atoms with Crippen LogP contribution < -0.4 is 0 Å². The van der Waals surface area contributed by atoms with E-state index in [9.17, 15) is 31.2 Å². The topological polar surface area (TPSA) is 74.8 Å². The van der Waals surface area contributed by atoms with E-state index < -0.39 is 26.1 Å². The maximum absolute atomic E-state index is 12.6. The molecule has 0 N–H and O–H groups in total. The van der Waals surface area contributed by atoms with Crippen LogP contribution in [0.1, 0.15) is 28.8 Å². The van der Waals surface area contributed by atoms with Gasteiger partial charge in [-0.05, 0) is 42.7 Å². The van der Waals surface area contributed by atoms with Gasteiger partial charge in [0.25, 0.3) is 15.7 Å². The minimum atomic E-state index is -5.46. The first kappa shape index (κ1) is 23.8. The first-order chi connectivity index (χ1) is 15.1. The van der Waals surface area contributed by atoms with Crippen molar-refractivity contribution in [3.8, 4) is 0 Å². The molecular formula is C22H23F3N2O4S. The molecule has 172 valence electrons. The highest BCUT2D eigenvalue weighted by Gasteiger charge is 2.46. The zero-order valence-corrected chi connectivity index (χ0v) is 18.0. The van der Waals surface area contributed by atoms with E-state index in [1.165, 1.54) is 10.5 Å². The molecule has 2 aromatic carbocycles. The highest BCUT2D eigenvalue weighted by molar-refractivity contribution is 7.92. The summed E-state index contributed by atoms with van der Waals surface area (Å²) in [6.45, 7) is 1.34. The van der Waals surface area contributed by atoms with Crippen molar-refractivity contribution in [1.29, 1.82) is 0 Å². The van der Waals surface area contributed by atoms with Gasteiger partial charge in [-0.1, -0.05) is 30.3 Å². The zero-order chi connectivity index (χ0) is 23.4. The summed E-state index contributed by atoms with van der Waals surface area (Å²) in [6, 6.07) is 13.6. The molecule has 1 fully saturated rings. The van der Waals surface area contributed by atoms with Gasteiger partial charge in [-0.25, -0.2) is 8.42 Å². The molecule has 1 aliphatic heterocycles. The number of rotatable bonds is 6. The number of carbonyl (C=O) groups is 2. The largest absolute Gasteiger partial charge is 0.501 e. The van der Waals surface area contributed by atoms with Crippen molar-refractivity contribution in [3.63, 3.8) is 0 Å². The van der Waals surface area contributed by atoms with Crippen molar-refractivity contribution < 1.29 is 31.2 Å². The van der Waals surface area contributed by atoms with E-state index in [0.717, 1.165) is 37.1 Å². The molecule has 2 amide bonds. The minimum absolute atomic E-state index is 0.0229. The maximum atomic E-state index is 12.6. The lowest BCUT2D eigenvalue weighted by Gasteiger charge is -2.35. The molecule has 0 bridgehead atoms. The lowest BCUT2D eigenvalue weighted by molar-refractivity contribution is -0.132. The fraction of sp³-hybridized carbons (Fsp3) is 0.364. The first-order valence-electron chi connectivity index (χ1n) is 10.1. The predicted octanol–water partition coefficient (Wildman–Crippen LogP) is 3.29. The summed E-state index contributed by atoms with van der Waals surface area (Å²) in [5.41, 5.74) is -4.14. The van der Waals surface area contributed by atoms with Crippen molar-refractivity contribution in [2.75, 3.05) is 26.2 Å². The Morgan fingerprint density at radius 2 is 1.41 bits per heavy atom. The average Bonchev–Trinajstić information content (AvgIpc) is 2.78. The van der Waals surface area contributed by atoms with Crippen molar-refractivity contribution in [3.05, 3.63) is 65.7 Å². The summed E-state index contributed by atoms with van der Waals surface area (Å²) in [5, 5.41) is 0. The quantitative estimate of drug-likeness (QED) is 0.652. The first-order valence-corrected chi connectivity index (χ1v) is 11.6. The number of carbonyl (C=O) groups excluding carboxylic acids is 2. The number of hydrogen-bond donors (Lipinski definition) is 0. The van der Waals surface area contributed by atoms with E-state index >= 15 is 0 Å². The second-order valence-electron chi connectivity index (χ2n) is 7.49. The molecule has 0 aromatic heterocycles. The molecule has 3 rings (SSSR count). The Balaban J connectivity index is 1.50. The number of aryl methyl sites for hydroxylation is 1. The number of alkyl halides is 3. The third-order valence-corrected chi connectivity index (χ3v) is 6.84. The summed E-state index contributed by atoms with van der Waals surface area (Å²) < 4.78 is 60.8. The summed E-state index contributed by atoms with van der Waals surface area (Å²) in [6.07, 6.45) is 1.96. The number of amides is 2. The van der Waals surface area contributed by atoms with Gasteiger partial charge in [-0.2, -0.15) is 13.2 Å². The number of hydrogen-bond acceptors (Lipinski definition) is 4. The van der Waals surface area contributed by atoms with Crippen molar-refractivity contribution >= 4 is 21.7 Å². The van der Waals surface area contributed by atoms with Gasteiger partial charge in [0.1, 0.15) is 0 Å². The van der Waals surface area contributed by atoms with Crippen LogP contribution in [0.5, 0.6) is 0 Å². The van der Waals surface area contributed by atoms with E-state index in [4.69, 9.17) is 0 Å². The van der Waals surface area contributed by atoms with Crippen LogP contribution in [0, 0.1) is 0 Å². The lowest BCUT2D eigenvalue weighted by Crippen LogP contribution is -2.50. The number of nitrogens with zero attached hydrogens (tertiary/aromatic N) is 2.